The van der Waals surface area contributed by atoms with Crippen molar-refractivity contribution >= 4 is 12.0 Å². The van der Waals surface area contributed by atoms with E-state index in [0.717, 1.165) is 10.5 Å². The van der Waals surface area contributed by atoms with E-state index in [0.29, 0.717) is 13.0 Å². The third-order valence-electron chi connectivity index (χ3n) is 2.70. The van der Waals surface area contributed by atoms with Gasteiger partial charge in [0, 0.05) is 18.9 Å². The van der Waals surface area contributed by atoms with Crippen LogP contribution in [0.2, 0.25) is 0 Å². The molecule has 0 bridgehead atoms. The quantitative estimate of drug-likeness (QED) is 0.792. The number of carbonyl (C=O) groups excluding carboxylic acids is 2. The number of carbonyl (C=O) groups is 2. The molecule has 1 aliphatic rings. The number of imide groups is 1. The van der Waals surface area contributed by atoms with E-state index in [2.05, 4.69) is 4.98 Å². The van der Waals surface area contributed by atoms with Crippen molar-refractivity contribution in [2.75, 3.05) is 6.54 Å². The van der Waals surface area contributed by atoms with Gasteiger partial charge in [0.25, 0.3) is 5.91 Å². The fourth-order valence-electron chi connectivity index (χ4n) is 1.71. The van der Waals surface area contributed by atoms with Gasteiger partial charge in [-0.15, -0.1) is 0 Å². The minimum absolute atomic E-state index is 0.281. The summed E-state index contributed by atoms with van der Waals surface area (Å²) in [7, 11) is 0. The number of nitrogens with zero attached hydrogens (tertiary/aromatic N) is 2. The number of ether oxygens (including phenoxy) is 1. The molecule has 0 atom stereocenters. The van der Waals surface area contributed by atoms with Crippen LogP contribution < -0.4 is 0 Å². The van der Waals surface area contributed by atoms with Crippen LogP contribution in [0.4, 0.5) is 4.79 Å². The van der Waals surface area contributed by atoms with Crippen molar-refractivity contribution in [2.24, 2.45) is 0 Å². The van der Waals surface area contributed by atoms with E-state index in [9.17, 15) is 9.59 Å². The van der Waals surface area contributed by atoms with Crippen LogP contribution in [0.5, 0.6) is 0 Å². The molecule has 2 heterocycles. The molecule has 0 aliphatic carbocycles. The van der Waals surface area contributed by atoms with Crippen molar-refractivity contribution in [2.45, 2.75) is 25.9 Å². The van der Waals surface area contributed by atoms with Crippen molar-refractivity contribution in [3.05, 3.63) is 30.1 Å². The Balaban J connectivity index is 2.01. The minimum atomic E-state index is -1.03. The lowest BCUT2D eigenvalue weighted by atomic mass is 10.1. The predicted molar refractivity (Wildman–Crippen MR) is 60.2 cm³/mol. The van der Waals surface area contributed by atoms with E-state index in [1.165, 1.54) is 0 Å². The van der Waals surface area contributed by atoms with Crippen LogP contribution in [-0.4, -0.2) is 34.0 Å². The third kappa shape index (κ3) is 2.27. The van der Waals surface area contributed by atoms with E-state index in [-0.39, 0.29) is 5.91 Å². The van der Waals surface area contributed by atoms with Crippen molar-refractivity contribution in [1.29, 1.82) is 0 Å². The van der Waals surface area contributed by atoms with Gasteiger partial charge in [0.1, 0.15) is 0 Å². The molecule has 0 spiro atoms. The Hall–Kier alpha value is -1.91. The number of pyridine rings is 1. The number of amides is 2. The molecule has 1 saturated heterocycles. The number of rotatable bonds is 3. The molecule has 2 amide bonds. The number of cyclic esters (lactones) is 1. The lowest BCUT2D eigenvalue weighted by Crippen LogP contribution is -2.37. The Kier molecular flexibility index (Phi) is 2.83. The van der Waals surface area contributed by atoms with Gasteiger partial charge in [0.2, 0.25) is 0 Å². The first kappa shape index (κ1) is 11.6. The highest BCUT2D eigenvalue weighted by molar-refractivity contribution is 6.02. The first-order valence-electron chi connectivity index (χ1n) is 5.44. The fraction of sp³-hybridized carbons (Fsp3) is 0.417. The summed E-state index contributed by atoms with van der Waals surface area (Å²) >= 11 is 0. The highest BCUT2D eigenvalue weighted by Gasteiger charge is 2.46. The van der Waals surface area contributed by atoms with E-state index in [1.54, 1.807) is 26.2 Å². The summed E-state index contributed by atoms with van der Waals surface area (Å²) < 4.78 is 4.99. The van der Waals surface area contributed by atoms with E-state index in [4.69, 9.17) is 4.74 Å². The zero-order chi connectivity index (χ0) is 12.5. The Morgan fingerprint density at radius 1 is 1.29 bits per heavy atom. The fourth-order valence-corrected chi connectivity index (χ4v) is 1.71. The van der Waals surface area contributed by atoms with Gasteiger partial charge in [-0.3, -0.25) is 9.78 Å². The first-order valence-corrected chi connectivity index (χ1v) is 5.44. The van der Waals surface area contributed by atoms with E-state index < -0.39 is 11.7 Å². The standard InChI is InChI=1S/C12H14N2O3/c1-12(2)10(15)14(11(16)17-12)8-5-9-3-6-13-7-4-9/h3-4,6-7H,5,8H2,1-2H3. The molecule has 17 heavy (non-hydrogen) atoms. The summed E-state index contributed by atoms with van der Waals surface area (Å²) in [5, 5.41) is 0. The Morgan fingerprint density at radius 3 is 2.47 bits per heavy atom. The second-order valence-corrected chi connectivity index (χ2v) is 4.44. The molecule has 0 N–H and O–H groups in total. The van der Waals surface area contributed by atoms with Crippen LogP contribution in [-0.2, 0) is 16.0 Å². The Morgan fingerprint density at radius 2 is 1.94 bits per heavy atom. The number of hydrogen-bond acceptors (Lipinski definition) is 4. The first-order chi connectivity index (χ1) is 8.00. The molecule has 90 valence electrons. The summed E-state index contributed by atoms with van der Waals surface area (Å²) in [6.07, 6.45) is 3.42. The summed E-state index contributed by atoms with van der Waals surface area (Å²) in [5.74, 6) is -0.281. The van der Waals surface area contributed by atoms with E-state index in [1.807, 2.05) is 12.1 Å². The van der Waals surface area contributed by atoms with Crippen molar-refractivity contribution in [3.8, 4) is 0 Å². The van der Waals surface area contributed by atoms with Crippen LogP contribution in [0, 0.1) is 0 Å². The highest BCUT2D eigenvalue weighted by Crippen LogP contribution is 2.23. The maximum Gasteiger partial charge on any atom is 0.417 e. The number of hydrogen-bond donors (Lipinski definition) is 0. The van der Waals surface area contributed by atoms with Gasteiger partial charge in [-0.25, -0.2) is 9.69 Å². The summed E-state index contributed by atoms with van der Waals surface area (Å²) in [6.45, 7) is 3.53. The van der Waals surface area contributed by atoms with Crippen LogP contribution in [0.15, 0.2) is 24.5 Å². The molecule has 1 fully saturated rings. The summed E-state index contributed by atoms with van der Waals surface area (Å²) in [4.78, 5) is 28.4. The molecule has 1 aromatic heterocycles. The molecule has 5 heteroatoms. The molecule has 2 rings (SSSR count). The monoisotopic (exact) mass is 234 g/mol. The maximum absolute atomic E-state index is 11.8. The van der Waals surface area contributed by atoms with Crippen molar-refractivity contribution in [3.63, 3.8) is 0 Å². The van der Waals surface area contributed by atoms with Crippen LogP contribution in [0.1, 0.15) is 19.4 Å². The molecule has 0 saturated carbocycles. The molecular weight excluding hydrogens is 220 g/mol. The van der Waals surface area contributed by atoms with E-state index >= 15 is 0 Å². The Bertz CT molecular complexity index is 442. The molecule has 0 aromatic carbocycles. The largest absolute Gasteiger partial charge is 0.433 e. The lowest BCUT2D eigenvalue weighted by molar-refractivity contribution is -0.134. The van der Waals surface area contributed by atoms with Crippen molar-refractivity contribution < 1.29 is 14.3 Å². The molecule has 5 nitrogen and oxygen atoms in total. The minimum Gasteiger partial charge on any atom is -0.433 e. The lowest BCUT2D eigenvalue weighted by Gasteiger charge is -2.13. The second-order valence-electron chi connectivity index (χ2n) is 4.44. The average Bonchev–Trinajstić information content (AvgIpc) is 2.48. The van der Waals surface area contributed by atoms with Crippen molar-refractivity contribution in [1.82, 2.24) is 9.88 Å². The Labute approximate surface area is 99.4 Å². The molecule has 1 aliphatic heterocycles. The van der Waals surface area contributed by atoms with Gasteiger partial charge < -0.3 is 4.74 Å². The third-order valence-corrected chi connectivity index (χ3v) is 2.70. The van der Waals surface area contributed by atoms with Gasteiger partial charge in [0.15, 0.2) is 5.60 Å². The topological polar surface area (TPSA) is 59.5 Å². The zero-order valence-corrected chi connectivity index (χ0v) is 9.84. The van der Waals surface area contributed by atoms with Crippen LogP contribution in [0.25, 0.3) is 0 Å². The van der Waals surface area contributed by atoms with Gasteiger partial charge in [-0.1, -0.05) is 0 Å². The van der Waals surface area contributed by atoms with Gasteiger partial charge in [0.05, 0.1) is 0 Å². The average molecular weight is 234 g/mol. The van der Waals surface area contributed by atoms with Crippen LogP contribution in [0.3, 0.4) is 0 Å². The zero-order valence-electron chi connectivity index (χ0n) is 9.84. The van der Waals surface area contributed by atoms with Crippen LogP contribution >= 0.6 is 0 Å². The molecular formula is C12H14N2O3. The highest BCUT2D eigenvalue weighted by atomic mass is 16.6. The SMILES string of the molecule is CC1(C)OC(=O)N(CCc2ccncc2)C1=O. The molecule has 1 aromatic rings. The number of aromatic nitrogens is 1. The van der Waals surface area contributed by atoms with Gasteiger partial charge >= 0.3 is 6.09 Å². The predicted octanol–water partition coefficient (Wildman–Crippen LogP) is 1.38. The molecule has 0 radical (unpaired) electrons. The smallest absolute Gasteiger partial charge is 0.417 e. The van der Waals surface area contributed by atoms with Gasteiger partial charge in [-0.05, 0) is 38.0 Å². The molecule has 0 unspecified atom stereocenters. The second kappa shape index (κ2) is 4.16. The summed E-state index contributed by atoms with van der Waals surface area (Å²) in [5.41, 5.74) is 0.000277. The normalized spacial score (nSPS) is 18.4. The summed E-state index contributed by atoms with van der Waals surface area (Å²) in [6, 6.07) is 3.72. The van der Waals surface area contributed by atoms with Gasteiger partial charge in [-0.2, -0.15) is 0 Å². The maximum atomic E-state index is 11.8.